The second-order valence-electron chi connectivity index (χ2n) is 6.72. The van der Waals surface area contributed by atoms with E-state index in [0.29, 0.717) is 17.8 Å². The van der Waals surface area contributed by atoms with Crippen molar-refractivity contribution in [2.24, 2.45) is 23.7 Å². The zero-order valence-corrected chi connectivity index (χ0v) is 14.5. The molecule has 1 saturated heterocycles. The maximum Gasteiger partial charge on any atom is 0.311 e. The molecule has 0 aromatic carbocycles. The second kappa shape index (κ2) is 8.57. The minimum absolute atomic E-state index is 0.00134. The topological polar surface area (TPSA) is 35.5 Å². The Kier molecular flexibility index (Phi) is 7.44. The SMILES string of the molecule is CC[C@@H](C(=O)OC)[C@H]1CC[C@H](C)[C@H]([C@H](C)/C=C/C(C)C)O1. The predicted molar refractivity (Wildman–Crippen MR) is 86.0 cm³/mol. The monoisotopic (exact) mass is 296 g/mol. The summed E-state index contributed by atoms with van der Waals surface area (Å²) in [5.74, 6) is 1.19. The molecular formula is C18H32O3. The Morgan fingerprint density at radius 3 is 2.48 bits per heavy atom. The Labute approximate surface area is 130 Å². The van der Waals surface area contributed by atoms with Crippen molar-refractivity contribution < 1.29 is 14.3 Å². The van der Waals surface area contributed by atoms with E-state index in [1.807, 2.05) is 6.92 Å². The van der Waals surface area contributed by atoms with Crippen molar-refractivity contribution in [3.05, 3.63) is 12.2 Å². The van der Waals surface area contributed by atoms with Gasteiger partial charge in [-0.1, -0.05) is 46.8 Å². The number of carbonyl (C=O) groups is 1. The summed E-state index contributed by atoms with van der Waals surface area (Å²) in [5, 5.41) is 0. The summed E-state index contributed by atoms with van der Waals surface area (Å²) in [5.41, 5.74) is 0. The van der Waals surface area contributed by atoms with Gasteiger partial charge in [0, 0.05) is 5.92 Å². The van der Waals surface area contributed by atoms with E-state index in [-0.39, 0.29) is 24.1 Å². The third kappa shape index (κ3) is 5.14. The summed E-state index contributed by atoms with van der Waals surface area (Å²) in [7, 11) is 1.46. The van der Waals surface area contributed by atoms with Crippen molar-refractivity contribution in [3.63, 3.8) is 0 Å². The predicted octanol–water partition coefficient (Wildman–Crippen LogP) is 4.22. The van der Waals surface area contributed by atoms with Gasteiger partial charge in [-0.25, -0.2) is 0 Å². The molecule has 1 fully saturated rings. The van der Waals surface area contributed by atoms with Crippen LogP contribution in [0.4, 0.5) is 0 Å². The van der Waals surface area contributed by atoms with Crippen LogP contribution in [0.2, 0.25) is 0 Å². The van der Waals surface area contributed by atoms with Crippen LogP contribution in [0.15, 0.2) is 12.2 Å². The fourth-order valence-corrected chi connectivity index (χ4v) is 3.17. The molecule has 3 nitrogen and oxygen atoms in total. The molecular weight excluding hydrogens is 264 g/mol. The molecule has 0 N–H and O–H groups in total. The summed E-state index contributed by atoms with van der Waals surface area (Å²) >= 11 is 0. The lowest BCUT2D eigenvalue weighted by atomic mass is 9.82. The molecule has 0 aliphatic carbocycles. The highest BCUT2D eigenvalue weighted by atomic mass is 16.5. The van der Waals surface area contributed by atoms with Gasteiger partial charge >= 0.3 is 5.97 Å². The van der Waals surface area contributed by atoms with Crippen LogP contribution in [0.5, 0.6) is 0 Å². The molecule has 1 heterocycles. The average Bonchev–Trinajstić information content (AvgIpc) is 2.46. The van der Waals surface area contributed by atoms with Crippen molar-refractivity contribution in [2.45, 2.75) is 66.1 Å². The highest BCUT2D eigenvalue weighted by molar-refractivity contribution is 5.72. The lowest BCUT2D eigenvalue weighted by Crippen LogP contribution is -2.43. The Bertz CT molecular complexity index is 348. The van der Waals surface area contributed by atoms with Gasteiger partial charge in [0.05, 0.1) is 25.2 Å². The first-order chi connectivity index (χ1) is 9.90. The van der Waals surface area contributed by atoms with Gasteiger partial charge in [-0.15, -0.1) is 0 Å². The van der Waals surface area contributed by atoms with E-state index in [4.69, 9.17) is 9.47 Å². The van der Waals surface area contributed by atoms with Gasteiger partial charge in [-0.2, -0.15) is 0 Å². The van der Waals surface area contributed by atoms with Crippen molar-refractivity contribution in [1.82, 2.24) is 0 Å². The molecule has 0 saturated carbocycles. The third-order valence-corrected chi connectivity index (χ3v) is 4.51. The lowest BCUT2D eigenvalue weighted by Gasteiger charge is -2.39. The molecule has 0 bridgehead atoms. The minimum atomic E-state index is -0.138. The number of methoxy groups -OCH3 is 1. The first-order valence-electron chi connectivity index (χ1n) is 8.32. The summed E-state index contributed by atoms with van der Waals surface area (Å²) in [6.07, 6.45) is 7.52. The van der Waals surface area contributed by atoms with Crippen LogP contribution in [0.3, 0.4) is 0 Å². The minimum Gasteiger partial charge on any atom is -0.469 e. The molecule has 1 rings (SSSR count). The zero-order valence-electron chi connectivity index (χ0n) is 14.5. The average molecular weight is 296 g/mol. The number of rotatable bonds is 6. The molecule has 0 aromatic heterocycles. The van der Waals surface area contributed by atoms with Gasteiger partial charge in [-0.3, -0.25) is 4.79 Å². The molecule has 1 aliphatic heterocycles. The van der Waals surface area contributed by atoms with Gasteiger partial charge in [0.2, 0.25) is 0 Å². The van der Waals surface area contributed by atoms with E-state index in [1.165, 1.54) is 7.11 Å². The maximum absolute atomic E-state index is 11.9. The van der Waals surface area contributed by atoms with E-state index in [0.717, 1.165) is 19.3 Å². The quantitative estimate of drug-likeness (QED) is 0.544. The molecule has 1 aliphatic rings. The largest absolute Gasteiger partial charge is 0.469 e. The van der Waals surface area contributed by atoms with Crippen molar-refractivity contribution in [1.29, 1.82) is 0 Å². The Morgan fingerprint density at radius 1 is 1.29 bits per heavy atom. The maximum atomic E-state index is 11.9. The molecule has 0 amide bonds. The van der Waals surface area contributed by atoms with Crippen LogP contribution in [0.1, 0.15) is 53.9 Å². The second-order valence-corrected chi connectivity index (χ2v) is 6.72. The first-order valence-corrected chi connectivity index (χ1v) is 8.32. The van der Waals surface area contributed by atoms with Crippen LogP contribution < -0.4 is 0 Å². The summed E-state index contributed by atoms with van der Waals surface area (Å²) < 4.78 is 11.2. The molecule has 5 atom stereocenters. The summed E-state index contributed by atoms with van der Waals surface area (Å²) in [4.78, 5) is 11.9. The lowest BCUT2D eigenvalue weighted by molar-refractivity contribution is -0.162. The van der Waals surface area contributed by atoms with E-state index in [9.17, 15) is 4.79 Å². The number of carbonyl (C=O) groups excluding carboxylic acids is 1. The van der Waals surface area contributed by atoms with E-state index >= 15 is 0 Å². The highest BCUT2D eigenvalue weighted by Gasteiger charge is 2.37. The zero-order chi connectivity index (χ0) is 16.0. The molecule has 0 unspecified atom stereocenters. The number of hydrogen-bond donors (Lipinski definition) is 0. The first kappa shape index (κ1) is 18.2. The van der Waals surface area contributed by atoms with Gasteiger partial charge in [0.1, 0.15) is 0 Å². The molecule has 0 radical (unpaired) electrons. The van der Waals surface area contributed by atoms with Crippen LogP contribution in [-0.4, -0.2) is 25.3 Å². The van der Waals surface area contributed by atoms with Gasteiger partial charge in [-0.05, 0) is 31.1 Å². The Morgan fingerprint density at radius 2 is 1.95 bits per heavy atom. The standard InChI is InChI=1S/C18H32O3/c1-7-15(18(19)20-6)16-11-10-14(5)17(21-16)13(4)9-8-12(2)3/h8-9,12-17H,7,10-11H2,1-6H3/b9-8+/t13-,14+,15-,16-,17+/m1/s1. The molecule has 122 valence electrons. The summed E-state index contributed by atoms with van der Waals surface area (Å²) in [6.45, 7) is 10.9. The number of ether oxygens (including phenoxy) is 2. The molecule has 0 spiro atoms. The fraction of sp³-hybridized carbons (Fsp3) is 0.833. The van der Waals surface area contributed by atoms with Gasteiger partial charge in [0.15, 0.2) is 0 Å². The molecule has 3 heteroatoms. The van der Waals surface area contributed by atoms with Gasteiger partial charge < -0.3 is 9.47 Å². The van der Waals surface area contributed by atoms with E-state index in [2.05, 4.69) is 39.8 Å². The van der Waals surface area contributed by atoms with Crippen LogP contribution in [0.25, 0.3) is 0 Å². The molecule has 21 heavy (non-hydrogen) atoms. The third-order valence-electron chi connectivity index (χ3n) is 4.51. The van der Waals surface area contributed by atoms with E-state index < -0.39 is 0 Å². The van der Waals surface area contributed by atoms with Crippen LogP contribution >= 0.6 is 0 Å². The van der Waals surface area contributed by atoms with Crippen molar-refractivity contribution in [2.75, 3.05) is 7.11 Å². The van der Waals surface area contributed by atoms with Crippen LogP contribution in [0, 0.1) is 23.7 Å². The smallest absolute Gasteiger partial charge is 0.311 e. The van der Waals surface area contributed by atoms with Crippen LogP contribution in [-0.2, 0) is 14.3 Å². The fourth-order valence-electron chi connectivity index (χ4n) is 3.17. The number of esters is 1. The highest BCUT2D eigenvalue weighted by Crippen LogP contribution is 2.34. The Balaban J connectivity index is 2.75. The van der Waals surface area contributed by atoms with Crippen molar-refractivity contribution in [3.8, 4) is 0 Å². The Hall–Kier alpha value is -0.830. The molecule has 0 aromatic rings. The van der Waals surface area contributed by atoms with E-state index in [1.54, 1.807) is 0 Å². The normalized spacial score (nSPS) is 29.6. The van der Waals surface area contributed by atoms with Crippen molar-refractivity contribution >= 4 is 5.97 Å². The number of allylic oxidation sites excluding steroid dienone is 1. The van der Waals surface area contributed by atoms with Gasteiger partial charge in [0.25, 0.3) is 0 Å². The number of hydrogen-bond acceptors (Lipinski definition) is 3. The summed E-state index contributed by atoms with van der Waals surface area (Å²) in [6, 6.07) is 0.